The molecule has 2 N–H and O–H groups in total. The fourth-order valence-corrected chi connectivity index (χ4v) is 1.89. The van der Waals surface area contributed by atoms with Gasteiger partial charge in [-0.1, -0.05) is 12.1 Å². The number of nitro benzene ring substituents is 1. The van der Waals surface area contributed by atoms with Crippen molar-refractivity contribution >= 4 is 22.5 Å². The van der Waals surface area contributed by atoms with E-state index in [1.54, 1.807) is 6.07 Å². The molecule has 2 aromatic carbocycles. The van der Waals surface area contributed by atoms with Crippen LogP contribution in [0.1, 0.15) is 0 Å². The van der Waals surface area contributed by atoms with E-state index in [1.165, 1.54) is 24.3 Å². The second-order valence-corrected chi connectivity index (χ2v) is 4.26. The highest BCUT2D eigenvalue weighted by atomic mass is 16.6. The van der Waals surface area contributed by atoms with Gasteiger partial charge in [-0.25, -0.2) is 4.98 Å². The number of nitro groups is 1. The van der Waals surface area contributed by atoms with E-state index in [0.717, 1.165) is 0 Å². The molecular formula is C14H10N4O3. The Morgan fingerprint density at radius 2 is 1.76 bits per heavy atom. The minimum Gasteiger partial charge on any atom is -0.438 e. The quantitative estimate of drug-likeness (QED) is 0.585. The predicted molar refractivity (Wildman–Crippen MR) is 77.1 cm³/mol. The molecule has 0 saturated heterocycles. The number of nitrogens with two attached hydrogens (primary N) is 1. The van der Waals surface area contributed by atoms with Crippen LogP contribution in [0.15, 0.2) is 48.5 Å². The molecule has 0 bridgehead atoms. The summed E-state index contributed by atoms with van der Waals surface area (Å²) in [7, 11) is 0. The summed E-state index contributed by atoms with van der Waals surface area (Å²) in [4.78, 5) is 18.3. The van der Waals surface area contributed by atoms with E-state index >= 15 is 0 Å². The van der Waals surface area contributed by atoms with Gasteiger partial charge in [0.1, 0.15) is 5.75 Å². The zero-order valence-electron chi connectivity index (χ0n) is 10.8. The van der Waals surface area contributed by atoms with Crippen molar-refractivity contribution in [1.29, 1.82) is 0 Å². The summed E-state index contributed by atoms with van der Waals surface area (Å²) in [6, 6.07) is 13.0. The lowest BCUT2D eigenvalue weighted by atomic mass is 10.2. The van der Waals surface area contributed by atoms with Crippen LogP contribution >= 0.6 is 0 Å². The number of nitrogen functional groups attached to an aromatic ring is 1. The molecule has 0 amide bonds. The molecule has 0 atom stereocenters. The van der Waals surface area contributed by atoms with Crippen molar-refractivity contribution in [2.75, 3.05) is 5.73 Å². The van der Waals surface area contributed by atoms with Gasteiger partial charge in [0.15, 0.2) is 0 Å². The van der Waals surface area contributed by atoms with Crippen LogP contribution in [-0.4, -0.2) is 14.9 Å². The first kappa shape index (κ1) is 12.8. The SMILES string of the molecule is Nc1nc(Oc2ccc([N+](=O)[O-])cc2)c2ccccc2n1. The van der Waals surface area contributed by atoms with E-state index in [0.29, 0.717) is 22.5 Å². The monoisotopic (exact) mass is 282 g/mol. The molecule has 0 aliphatic heterocycles. The van der Waals surface area contributed by atoms with Crippen LogP contribution in [0.2, 0.25) is 0 Å². The Hall–Kier alpha value is -3.22. The van der Waals surface area contributed by atoms with Crippen LogP contribution in [0.3, 0.4) is 0 Å². The Morgan fingerprint density at radius 1 is 1.05 bits per heavy atom. The Balaban J connectivity index is 1.99. The van der Waals surface area contributed by atoms with E-state index in [2.05, 4.69) is 9.97 Å². The molecule has 0 saturated carbocycles. The third-order valence-electron chi connectivity index (χ3n) is 2.85. The third kappa shape index (κ3) is 2.57. The zero-order chi connectivity index (χ0) is 14.8. The lowest BCUT2D eigenvalue weighted by Gasteiger charge is -2.08. The highest BCUT2D eigenvalue weighted by molar-refractivity contribution is 5.84. The number of hydrogen-bond donors (Lipinski definition) is 1. The molecule has 21 heavy (non-hydrogen) atoms. The molecule has 7 nitrogen and oxygen atoms in total. The maximum absolute atomic E-state index is 10.6. The van der Waals surface area contributed by atoms with Crippen molar-refractivity contribution < 1.29 is 9.66 Å². The van der Waals surface area contributed by atoms with E-state index in [4.69, 9.17) is 10.5 Å². The van der Waals surface area contributed by atoms with Gasteiger partial charge in [0.25, 0.3) is 5.69 Å². The van der Waals surface area contributed by atoms with Crippen molar-refractivity contribution in [2.24, 2.45) is 0 Å². The summed E-state index contributed by atoms with van der Waals surface area (Å²) in [6.07, 6.45) is 0. The molecule has 1 aromatic heterocycles. The third-order valence-corrected chi connectivity index (χ3v) is 2.85. The molecule has 0 fully saturated rings. The second kappa shape index (κ2) is 5.04. The smallest absolute Gasteiger partial charge is 0.269 e. The number of non-ortho nitro benzene ring substituents is 1. The number of fused-ring (bicyclic) bond motifs is 1. The summed E-state index contributed by atoms with van der Waals surface area (Å²) >= 11 is 0. The Kier molecular flexibility index (Phi) is 3.07. The highest BCUT2D eigenvalue weighted by Crippen LogP contribution is 2.28. The number of aromatic nitrogens is 2. The molecule has 0 aliphatic rings. The molecule has 0 radical (unpaired) electrons. The van der Waals surface area contributed by atoms with Gasteiger partial charge >= 0.3 is 0 Å². The number of rotatable bonds is 3. The van der Waals surface area contributed by atoms with Crippen molar-refractivity contribution in [3.05, 3.63) is 58.6 Å². The number of hydrogen-bond acceptors (Lipinski definition) is 6. The molecule has 3 aromatic rings. The van der Waals surface area contributed by atoms with Crippen LogP contribution in [0.4, 0.5) is 11.6 Å². The maximum atomic E-state index is 10.6. The van der Waals surface area contributed by atoms with Gasteiger partial charge in [0.2, 0.25) is 11.8 Å². The standard InChI is InChI=1S/C14H10N4O3/c15-14-16-12-4-2-1-3-11(12)13(17-14)21-10-7-5-9(6-8-10)18(19)20/h1-8H,(H2,15,16,17). The fraction of sp³-hybridized carbons (Fsp3) is 0. The van der Waals surface area contributed by atoms with E-state index in [-0.39, 0.29) is 11.6 Å². The van der Waals surface area contributed by atoms with Gasteiger partial charge in [-0.15, -0.1) is 0 Å². The van der Waals surface area contributed by atoms with Crippen LogP contribution in [0.5, 0.6) is 11.6 Å². The van der Waals surface area contributed by atoms with Crippen molar-refractivity contribution in [2.45, 2.75) is 0 Å². The topological polar surface area (TPSA) is 104 Å². The summed E-state index contributed by atoms with van der Waals surface area (Å²) in [5.41, 5.74) is 6.31. The van der Waals surface area contributed by atoms with Crippen molar-refractivity contribution in [1.82, 2.24) is 9.97 Å². The summed E-state index contributed by atoms with van der Waals surface area (Å²) in [5, 5.41) is 11.3. The Bertz CT molecular complexity index is 818. The number of anilines is 1. The number of ether oxygens (including phenoxy) is 1. The van der Waals surface area contributed by atoms with Crippen LogP contribution in [0, 0.1) is 10.1 Å². The molecular weight excluding hydrogens is 272 g/mol. The summed E-state index contributed by atoms with van der Waals surface area (Å²) in [5.74, 6) is 0.849. The maximum Gasteiger partial charge on any atom is 0.269 e. The summed E-state index contributed by atoms with van der Waals surface area (Å²) in [6.45, 7) is 0. The number of benzene rings is 2. The minimum absolute atomic E-state index is 0.00518. The summed E-state index contributed by atoms with van der Waals surface area (Å²) < 4.78 is 5.65. The Labute approximate surface area is 119 Å². The lowest BCUT2D eigenvalue weighted by molar-refractivity contribution is -0.384. The normalized spacial score (nSPS) is 10.5. The molecule has 0 spiro atoms. The van der Waals surface area contributed by atoms with Crippen molar-refractivity contribution in [3.8, 4) is 11.6 Å². The molecule has 0 unspecified atom stereocenters. The van der Waals surface area contributed by atoms with Gasteiger partial charge in [-0.2, -0.15) is 4.98 Å². The first-order chi connectivity index (χ1) is 10.1. The van der Waals surface area contributed by atoms with E-state index in [9.17, 15) is 10.1 Å². The van der Waals surface area contributed by atoms with Gasteiger partial charge < -0.3 is 10.5 Å². The number of nitrogens with zero attached hydrogens (tertiary/aromatic N) is 3. The molecule has 0 aliphatic carbocycles. The molecule has 7 heteroatoms. The largest absolute Gasteiger partial charge is 0.438 e. The van der Waals surface area contributed by atoms with Crippen LogP contribution < -0.4 is 10.5 Å². The average Bonchev–Trinajstić information content (AvgIpc) is 2.47. The predicted octanol–water partition coefficient (Wildman–Crippen LogP) is 2.91. The first-order valence-electron chi connectivity index (χ1n) is 6.08. The first-order valence-corrected chi connectivity index (χ1v) is 6.08. The minimum atomic E-state index is -0.470. The highest BCUT2D eigenvalue weighted by Gasteiger charge is 2.09. The lowest BCUT2D eigenvalue weighted by Crippen LogP contribution is -1.98. The van der Waals surface area contributed by atoms with Crippen molar-refractivity contribution in [3.63, 3.8) is 0 Å². The molecule has 1 heterocycles. The van der Waals surface area contributed by atoms with Crippen LogP contribution in [-0.2, 0) is 0 Å². The molecule has 3 rings (SSSR count). The van der Waals surface area contributed by atoms with Crippen LogP contribution in [0.25, 0.3) is 10.9 Å². The zero-order valence-corrected chi connectivity index (χ0v) is 10.8. The molecule has 104 valence electrons. The average molecular weight is 282 g/mol. The van der Waals surface area contributed by atoms with Gasteiger partial charge in [-0.3, -0.25) is 10.1 Å². The number of para-hydroxylation sites is 1. The Morgan fingerprint density at radius 3 is 2.48 bits per heavy atom. The van der Waals surface area contributed by atoms with E-state index < -0.39 is 4.92 Å². The van der Waals surface area contributed by atoms with Gasteiger partial charge in [0.05, 0.1) is 15.8 Å². The fourth-order valence-electron chi connectivity index (χ4n) is 1.89. The van der Waals surface area contributed by atoms with Gasteiger partial charge in [0, 0.05) is 12.1 Å². The van der Waals surface area contributed by atoms with Gasteiger partial charge in [-0.05, 0) is 24.3 Å². The second-order valence-electron chi connectivity index (χ2n) is 4.26. The van der Waals surface area contributed by atoms with E-state index in [1.807, 2.05) is 18.2 Å².